The van der Waals surface area contributed by atoms with Crippen LogP contribution in [-0.2, 0) is 6.42 Å². The Hall–Kier alpha value is -3.44. The molecule has 118 valence electrons. The van der Waals surface area contributed by atoms with E-state index in [2.05, 4.69) is 42.5 Å². The van der Waals surface area contributed by atoms with Gasteiger partial charge < -0.3 is 0 Å². The van der Waals surface area contributed by atoms with Crippen LogP contribution in [0.1, 0.15) is 5.56 Å². The number of hydrogen-bond acceptors (Lipinski definition) is 2. The summed E-state index contributed by atoms with van der Waals surface area (Å²) in [4.78, 5) is 4.93. The first kappa shape index (κ1) is 15.1. The molecule has 0 unspecified atom stereocenters. The van der Waals surface area contributed by atoms with E-state index in [1.165, 1.54) is 0 Å². The largest absolute Gasteiger partial charge is 0.247 e. The van der Waals surface area contributed by atoms with Crippen molar-refractivity contribution in [2.45, 2.75) is 6.42 Å². The maximum Gasteiger partial charge on any atom is 0.0788 e. The third-order valence-electron chi connectivity index (χ3n) is 4.32. The molecule has 0 atom stereocenters. The first-order valence-corrected chi connectivity index (χ1v) is 8.26. The van der Waals surface area contributed by atoms with E-state index in [4.69, 9.17) is 10.2 Å². The zero-order valence-electron chi connectivity index (χ0n) is 13.7. The zero-order chi connectivity index (χ0) is 17.1. The highest BCUT2D eigenvalue weighted by molar-refractivity contribution is 5.91. The number of benzene rings is 3. The van der Waals surface area contributed by atoms with Crippen LogP contribution < -0.4 is 0 Å². The number of fused-ring (bicyclic) bond motifs is 1. The Morgan fingerprint density at radius 3 is 2.24 bits per heavy atom. The topological polar surface area (TPSA) is 36.7 Å². The van der Waals surface area contributed by atoms with Gasteiger partial charge in [-0.25, -0.2) is 4.98 Å². The van der Waals surface area contributed by atoms with E-state index < -0.39 is 0 Å². The molecule has 25 heavy (non-hydrogen) atoms. The van der Waals surface area contributed by atoms with Gasteiger partial charge in [0.05, 0.1) is 23.7 Å². The van der Waals surface area contributed by atoms with Gasteiger partial charge in [-0.05, 0) is 23.3 Å². The minimum absolute atomic E-state index is 0.428. The SMILES string of the molecule is N#CCc1ccc(-c2nc3ccccc3cc2-c2ccccc2)cc1. The Labute approximate surface area is 147 Å². The summed E-state index contributed by atoms with van der Waals surface area (Å²) in [6.07, 6.45) is 0.428. The molecule has 4 aromatic rings. The van der Waals surface area contributed by atoms with E-state index in [0.717, 1.165) is 38.9 Å². The van der Waals surface area contributed by atoms with Gasteiger partial charge in [0, 0.05) is 16.5 Å². The number of pyridine rings is 1. The molecule has 0 N–H and O–H groups in total. The van der Waals surface area contributed by atoms with Gasteiger partial charge in [0.25, 0.3) is 0 Å². The van der Waals surface area contributed by atoms with E-state index in [-0.39, 0.29) is 0 Å². The second-order valence-corrected chi connectivity index (χ2v) is 5.98. The van der Waals surface area contributed by atoms with E-state index in [1.54, 1.807) is 0 Å². The molecular weight excluding hydrogens is 304 g/mol. The average Bonchev–Trinajstić information content (AvgIpc) is 2.68. The van der Waals surface area contributed by atoms with Crippen LogP contribution in [0.2, 0.25) is 0 Å². The molecular formula is C23H16N2. The molecule has 1 heterocycles. The predicted molar refractivity (Wildman–Crippen MR) is 102 cm³/mol. The normalized spacial score (nSPS) is 10.5. The molecule has 0 spiro atoms. The first-order valence-electron chi connectivity index (χ1n) is 8.26. The van der Waals surface area contributed by atoms with Gasteiger partial charge in [0.1, 0.15) is 0 Å². The highest BCUT2D eigenvalue weighted by atomic mass is 14.7. The summed E-state index contributed by atoms with van der Waals surface area (Å²) >= 11 is 0. The maximum atomic E-state index is 8.85. The molecule has 0 amide bonds. The maximum absolute atomic E-state index is 8.85. The van der Waals surface area contributed by atoms with Crippen LogP contribution >= 0.6 is 0 Å². The number of nitrogens with zero attached hydrogens (tertiary/aromatic N) is 2. The third-order valence-corrected chi connectivity index (χ3v) is 4.32. The summed E-state index contributed by atoms with van der Waals surface area (Å²) in [7, 11) is 0. The molecule has 4 rings (SSSR count). The van der Waals surface area contributed by atoms with Crippen molar-refractivity contribution in [2.24, 2.45) is 0 Å². The van der Waals surface area contributed by atoms with Crippen LogP contribution in [0.4, 0.5) is 0 Å². The molecule has 0 aliphatic carbocycles. The van der Waals surface area contributed by atoms with Gasteiger partial charge >= 0.3 is 0 Å². The summed E-state index contributed by atoms with van der Waals surface area (Å²) in [6, 6.07) is 31.0. The van der Waals surface area contributed by atoms with Crippen molar-refractivity contribution in [1.82, 2.24) is 4.98 Å². The van der Waals surface area contributed by atoms with E-state index in [9.17, 15) is 0 Å². The lowest BCUT2D eigenvalue weighted by Crippen LogP contribution is -1.92. The second kappa shape index (κ2) is 6.59. The summed E-state index contributed by atoms with van der Waals surface area (Å²) in [5.74, 6) is 0. The van der Waals surface area contributed by atoms with E-state index in [0.29, 0.717) is 6.42 Å². The quantitative estimate of drug-likeness (QED) is 0.490. The van der Waals surface area contributed by atoms with Gasteiger partial charge in [0.2, 0.25) is 0 Å². The van der Waals surface area contributed by atoms with Gasteiger partial charge in [-0.1, -0.05) is 72.8 Å². The summed E-state index contributed by atoms with van der Waals surface area (Å²) in [6.45, 7) is 0. The Bertz CT molecular complexity index is 1060. The molecule has 0 radical (unpaired) electrons. The molecule has 0 saturated carbocycles. The molecule has 0 fully saturated rings. The fraction of sp³-hybridized carbons (Fsp3) is 0.0435. The number of rotatable bonds is 3. The van der Waals surface area contributed by atoms with Gasteiger partial charge in [0.15, 0.2) is 0 Å². The highest BCUT2D eigenvalue weighted by Gasteiger charge is 2.11. The second-order valence-electron chi connectivity index (χ2n) is 5.98. The van der Waals surface area contributed by atoms with Crippen LogP contribution in [0.3, 0.4) is 0 Å². The van der Waals surface area contributed by atoms with Crippen molar-refractivity contribution in [1.29, 1.82) is 5.26 Å². The lowest BCUT2D eigenvalue weighted by atomic mass is 9.96. The lowest BCUT2D eigenvalue weighted by molar-refractivity contribution is 1.26. The van der Waals surface area contributed by atoms with Crippen molar-refractivity contribution < 1.29 is 0 Å². The molecule has 0 aliphatic heterocycles. The minimum atomic E-state index is 0.428. The van der Waals surface area contributed by atoms with Gasteiger partial charge in [-0.15, -0.1) is 0 Å². The van der Waals surface area contributed by atoms with E-state index in [1.807, 2.05) is 48.5 Å². The van der Waals surface area contributed by atoms with Crippen LogP contribution in [0.5, 0.6) is 0 Å². The zero-order valence-corrected chi connectivity index (χ0v) is 13.7. The first-order chi connectivity index (χ1) is 12.3. The van der Waals surface area contributed by atoms with Gasteiger partial charge in [-0.2, -0.15) is 5.26 Å². The Balaban J connectivity index is 1.93. The van der Waals surface area contributed by atoms with Crippen molar-refractivity contribution >= 4 is 10.9 Å². The van der Waals surface area contributed by atoms with Crippen LogP contribution in [0.25, 0.3) is 33.3 Å². The summed E-state index contributed by atoms with van der Waals surface area (Å²) in [5.41, 5.74) is 6.30. The fourth-order valence-corrected chi connectivity index (χ4v) is 3.05. The van der Waals surface area contributed by atoms with Crippen molar-refractivity contribution in [3.8, 4) is 28.5 Å². The minimum Gasteiger partial charge on any atom is -0.247 e. The molecule has 0 aliphatic rings. The fourth-order valence-electron chi connectivity index (χ4n) is 3.05. The van der Waals surface area contributed by atoms with Crippen LogP contribution in [0, 0.1) is 11.3 Å². The Morgan fingerprint density at radius 1 is 0.760 bits per heavy atom. The molecule has 0 bridgehead atoms. The molecule has 1 aromatic heterocycles. The average molecular weight is 320 g/mol. The standard InChI is InChI=1S/C23H16N2/c24-15-14-17-10-12-19(13-11-17)23-21(18-6-2-1-3-7-18)16-20-8-4-5-9-22(20)25-23/h1-13,16H,14H2. The Kier molecular flexibility index (Phi) is 3.98. The third kappa shape index (κ3) is 3.00. The van der Waals surface area contributed by atoms with Gasteiger partial charge in [-0.3, -0.25) is 0 Å². The van der Waals surface area contributed by atoms with E-state index >= 15 is 0 Å². The highest BCUT2D eigenvalue weighted by Crippen LogP contribution is 2.33. The molecule has 0 saturated heterocycles. The van der Waals surface area contributed by atoms with Crippen molar-refractivity contribution in [3.63, 3.8) is 0 Å². The Morgan fingerprint density at radius 2 is 1.48 bits per heavy atom. The smallest absolute Gasteiger partial charge is 0.0788 e. The lowest BCUT2D eigenvalue weighted by Gasteiger charge is -2.12. The van der Waals surface area contributed by atoms with Crippen molar-refractivity contribution in [3.05, 3.63) is 90.5 Å². The number of nitriles is 1. The van der Waals surface area contributed by atoms with Crippen molar-refractivity contribution in [2.75, 3.05) is 0 Å². The predicted octanol–water partition coefficient (Wildman–Crippen LogP) is 5.63. The summed E-state index contributed by atoms with van der Waals surface area (Å²) < 4.78 is 0. The van der Waals surface area contributed by atoms with Crippen LogP contribution in [0.15, 0.2) is 84.9 Å². The number of aromatic nitrogens is 1. The molecule has 2 heteroatoms. The summed E-state index contributed by atoms with van der Waals surface area (Å²) in [5, 5.41) is 9.99. The number of hydrogen-bond donors (Lipinski definition) is 0. The number of para-hydroxylation sites is 1. The molecule has 3 aromatic carbocycles. The monoisotopic (exact) mass is 320 g/mol. The molecule has 2 nitrogen and oxygen atoms in total. The van der Waals surface area contributed by atoms with Crippen LogP contribution in [-0.4, -0.2) is 4.98 Å².